The maximum Gasteiger partial charge on any atom is 0.453 e. The zero-order valence-corrected chi connectivity index (χ0v) is 13.4. The van der Waals surface area contributed by atoms with Gasteiger partial charge in [0.25, 0.3) is 5.82 Å². The molecule has 1 aliphatic rings. The van der Waals surface area contributed by atoms with E-state index < -0.39 is 12.0 Å². The Bertz CT molecular complexity index is 776. The van der Waals surface area contributed by atoms with Crippen LogP contribution in [-0.2, 0) is 17.4 Å². The summed E-state index contributed by atoms with van der Waals surface area (Å²) >= 11 is 0.829. The standard InChI is InChI=1S/C14H14F3N5OS/c1-8-6-9-4-2-3-5-10(9)21(8)11(23)7-24-13-20-19-12(22(13)18)14(15,16)17/h2-5,8H,6-7,18H2,1H3. The van der Waals surface area contributed by atoms with Crippen LogP contribution in [0, 0.1) is 0 Å². The number of halogens is 3. The molecule has 3 rings (SSSR count). The number of alkyl halides is 3. The van der Waals surface area contributed by atoms with Gasteiger partial charge in [0.1, 0.15) is 0 Å². The summed E-state index contributed by atoms with van der Waals surface area (Å²) in [6.07, 6.45) is -3.94. The third kappa shape index (κ3) is 2.93. The molecule has 24 heavy (non-hydrogen) atoms. The van der Waals surface area contributed by atoms with Crippen molar-refractivity contribution in [3.8, 4) is 0 Å². The molecule has 1 unspecified atom stereocenters. The zero-order valence-electron chi connectivity index (χ0n) is 12.6. The van der Waals surface area contributed by atoms with Crippen LogP contribution in [-0.4, -0.2) is 32.6 Å². The number of para-hydroxylation sites is 1. The number of thioether (sulfide) groups is 1. The predicted molar refractivity (Wildman–Crippen MR) is 83.0 cm³/mol. The molecule has 0 spiro atoms. The summed E-state index contributed by atoms with van der Waals surface area (Å²) in [6.45, 7) is 1.93. The maximum absolute atomic E-state index is 12.6. The van der Waals surface area contributed by atoms with Gasteiger partial charge in [0.2, 0.25) is 11.1 Å². The lowest BCUT2D eigenvalue weighted by molar-refractivity contribution is -0.146. The highest BCUT2D eigenvalue weighted by Gasteiger charge is 2.38. The highest BCUT2D eigenvalue weighted by molar-refractivity contribution is 7.99. The van der Waals surface area contributed by atoms with Gasteiger partial charge in [-0.05, 0) is 25.0 Å². The molecule has 2 N–H and O–H groups in total. The van der Waals surface area contributed by atoms with Crippen molar-refractivity contribution in [2.75, 3.05) is 16.5 Å². The molecule has 1 atom stereocenters. The Hall–Kier alpha value is -2.23. The number of amides is 1. The fourth-order valence-corrected chi connectivity index (χ4v) is 3.43. The predicted octanol–water partition coefficient (Wildman–Crippen LogP) is 2.08. The molecule has 1 aromatic carbocycles. The van der Waals surface area contributed by atoms with Gasteiger partial charge in [-0.3, -0.25) is 4.79 Å². The molecular formula is C14H14F3N5OS. The van der Waals surface area contributed by atoms with Gasteiger partial charge in [0, 0.05) is 11.7 Å². The monoisotopic (exact) mass is 357 g/mol. The lowest BCUT2D eigenvalue weighted by Gasteiger charge is -2.22. The van der Waals surface area contributed by atoms with Crippen molar-refractivity contribution in [2.24, 2.45) is 0 Å². The van der Waals surface area contributed by atoms with Crippen LogP contribution in [0.3, 0.4) is 0 Å². The van der Waals surface area contributed by atoms with Crippen LogP contribution in [0.25, 0.3) is 0 Å². The molecule has 0 radical (unpaired) electrons. The number of nitrogens with zero attached hydrogens (tertiary/aromatic N) is 4. The van der Waals surface area contributed by atoms with E-state index in [1.54, 1.807) is 4.90 Å². The van der Waals surface area contributed by atoms with E-state index in [-0.39, 0.29) is 22.9 Å². The minimum absolute atomic E-state index is 0.00279. The summed E-state index contributed by atoms with van der Waals surface area (Å²) in [7, 11) is 0. The summed E-state index contributed by atoms with van der Waals surface area (Å²) in [4.78, 5) is 14.1. The van der Waals surface area contributed by atoms with Crippen LogP contribution in [0.2, 0.25) is 0 Å². The molecule has 1 amide bonds. The molecule has 128 valence electrons. The van der Waals surface area contributed by atoms with Gasteiger partial charge in [0.15, 0.2) is 0 Å². The number of carbonyl (C=O) groups is 1. The number of hydrogen-bond donors (Lipinski definition) is 1. The molecule has 2 aromatic rings. The van der Waals surface area contributed by atoms with E-state index in [1.165, 1.54) is 0 Å². The third-order valence-electron chi connectivity index (χ3n) is 3.72. The summed E-state index contributed by atoms with van der Waals surface area (Å²) in [5.41, 5.74) is 1.91. The second-order valence-corrected chi connectivity index (χ2v) is 6.35. The average Bonchev–Trinajstić information content (AvgIpc) is 3.03. The number of fused-ring (bicyclic) bond motifs is 1. The number of carbonyl (C=O) groups excluding carboxylic acids is 1. The third-order valence-corrected chi connectivity index (χ3v) is 4.65. The van der Waals surface area contributed by atoms with Gasteiger partial charge in [-0.2, -0.15) is 13.2 Å². The van der Waals surface area contributed by atoms with E-state index in [0.717, 1.165) is 29.4 Å². The highest BCUT2D eigenvalue weighted by atomic mass is 32.2. The van der Waals surface area contributed by atoms with E-state index in [2.05, 4.69) is 10.2 Å². The van der Waals surface area contributed by atoms with E-state index in [4.69, 9.17) is 5.84 Å². The number of aromatic nitrogens is 3. The van der Waals surface area contributed by atoms with Crippen LogP contribution in [0.4, 0.5) is 18.9 Å². The Morgan fingerprint density at radius 1 is 1.38 bits per heavy atom. The molecule has 6 nitrogen and oxygen atoms in total. The average molecular weight is 357 g/mol. The van der Waals surface area contributed by atoms with Gasteiger partial charge >= 0.3 is 6.18 Å². The fraction of sp³-hybridized carbons (Fsp3) is 0.357. The molecule has 0 fully saturated rings. The Morgan fingerprint density at radius 2 is 2.08 bits per heavy atom. The molecule has 0 saturated carbocycles. The van der Waals surface area contributed by atoms with Crippen molar-refractivity contribution >= 4 is 23.4 Å². The van der Waals surface area contributed by atoms with Crippen LogP contribution >= 0.6 is 11.8 Å². The number of benzene rings is 1. The van der Waals surface area contributed by atoms with Gasteiger partial charge in [0.05, 0.1) is 5.75 Å². The van der Waals surface area contributed by atoms with Crippen LogP contribution in [0.15, 0.2) is 29.4 Å². The first-order chi connectivity index (χ1) is 11.3. The molecule has 1 aliphatic heterocycles. The number of hydrogen-bond acceptors (Lipinski definition) is 5. The SMILES string of the molecule is CC1Cc2ccccc2N1C(=O)CSc1nnc(C(F)(F)F)n1N. The van der Waals surface area contributed by atoms with Crippen molar-refractivity contribution < 1.29 is 18.0 Å². The number of nitrogens with two attached hydrogens (primary N) is 1. The minimum Gasteiger partial charge on any atom is -0.335 e. The lowest BCUT2D eigenvalue weighted by atomic mass is 10.1. The molecular weight excluding hydrogens is 343 g/mol. The highest BCUT2D eigenvalue weighted by Crippen LogP contribution is 2.33. The minimum atomic E-state index is -4.69. The number of anilines is 1. The smallest absolute Gasteiger partial charge is 0.335 e. The Balaban J connectivity index is 1.72. The Morgan fingerprint density at radius 3 is 2.75 bits per heavy atom. The molecule has 0 bridgehead atoms. The van der Waals surface area contributed by atoms with E-state index in [1.807, 2.05) is 31.2 Å². The van der Waals surface area contributed by atoms with Crippen molar-refractivity contribution in [3.63, 3.8) is 0 Å². The second kappa shape index (κ2) is 6.00. The lowest BCUT2D eigenvalue weighted by Crippen LogP contribution is -2.37. The van der Waals surface area contributed by atoms with Gasteiger partial charge in [-0.25, -0.2) is 4.68 Å². The summed E-state index contributed by atoms with van der Waals surface area (Å²) in [5, 5.41) is 6.28. The number of nitrogen functional groups attached to an aromatic ring is 1. The van der Waals surface area contributed by atoms with Crippen molar-refractivity contribution in [3.05, 3.63) is 35.7 Å². The van der Waals surface area contributed by atoms with Crippen molar-refractivity contribution in [1.82, 2.24) is 14.9 Å². The molecule has 0 saturated heterocycles. The molecule has 10 heteroatoms. The summed E-state index contributed by atoms with van der Waals surface area (Å²) in [6, 6.07) is 7.56. The largest absolute Gasteiger partial charge is 0.453 e. The maximum atomic E-state index is 12.6. The Labute approximate surface area is 139 Å². The quantitative estimate of drug-likeness (QED) is 0.672. The van der Waals surface area contributed by atoms with Crippen LogP contribution in [0.5, 0.6) is 0 Å². The Kier molecular flexibility index (Phi) is 4.16. The first-order valence-corrected chi connectivity index (χ1v) is 8.08. The fourth-order valence-electron chi connectivity index (χ4n) is 2.71. The molecule has 0 aliphatic carbocycles. The van der Waals surface area contributed by atoms with Crippen LogP contribution in [0.1, 0.15) is 18.3 Å². The van der Waals surface area contributed by atoms with E-state index in [9.17, 15) is 18.0 Å². The van der Waals surface area contributed by atoms with Gasteiger partial charge in [-0.1, -0.05) is 30.0 Å². The zero-order chi connectivity index (χ0) is 17.5. The van der Waals surface area contributed by atoms with E-state index in [0.29, 0.717) is 4.68 Å². The van der Waals surface area contributed by atoms with Gasteiger partial charge < -0.3 is 10.7 Å². The first-order valence-electron chi connectivity index (χ1n) is 7.09. The van der Waals surface area contributed by atoms with E-state index >= 15 is 0 Å². The molecule has 1 aromatic heterocycles. The normalized spacial score (nSPS) is 17.2. The second-order valence-electron chi connectivity index (χ2n) is 5.41. The summed E-state index contributed by atoms with van der Waals surface area (Å²) < 4.78 is 38.3. The first kappa shape index (κ1) is 16.6. The van der Waals surface area contributed by atoms with Crippen molar-refractivity contribution in [2.45, 2.75) is 30.7 Å². The molecule has 2 heterocycles. The summed E-state index contributed by atoms with van der Waals surface area (Å²) in [5.74, 6) is 3.77. The van der Waals surface area contributed by atoms with Crippen LogP contribution < -0.4 is 10.7 Å². The van der Waals surface area contributed by atoms with Gasteiger partial charge in [-0.15, -0.1) is 10.2 Å². The topological polar surface area (TPSA) is 77.0 Å². The number of rotatable bonds is 3. The van der Waals surface area contributed by atoms with Crippen molar-refractivity contribution in [1.29, 1.82) is 0 Å².